The zero-order valence-electron chi connectivity index (χ0n) is 16.4. The molecule has 1 atom stereocenters. The first-order valence-electron chi connectivity index (χ1n) is 10.2. The minimum Gasteiger partial charge on any atom is -0.369 e. The second-order valence-electron chi connectivity index (χ2n) is 7.39. The Balaban J connectivity index is 1.38. The van der Waals surface area contributed by atoms with Crippen LogP contribution in [0.1, 0.15) is 37.8 Å². The Labute approximate surface area is 171 Å². The fourth-order valence-corrected chi connectivity index (χ4v) is 4.12. The van der Waals surface area contributed by atoms with Gasteiger partial charge in [-0.15, -0.1) is 10.2 Å². The molecule has 2 aliphatic rings. The number of nitrogens with zero attached hydrogens (tertiary/aromatic N) is 5. The van der Waals surface area contributed by atoms with Crippen LogP contribution in [0.15, 0.2) is 29.3 Å². The number of aliphatic imine (C=N–C) groups is 1. The first kappa shape index (κ1) is 19.1. The molecule has 3 heterocycles. The monoisotopic (exact) mass is 401 g/mol. The van der Waals surface area contributed by atoms with Crippen molar-refractivity contribution >= 4 is 23.2 Å². The molecule has 2 aliphatic heterocycles. The predicted molar refractivity (Wildman–Crippen MR) is 113 cm³/mol. The number of aromatic nitrogens is 3. The molecule has 0 bridgehead atoms. The molecule has 4 rings (SSSR count). The van der Waals surface area contributed by atoms with E-state index in [1.165, 1.54) is 18.5 Å². The van der Waals surface area contributed by atoms with Crippen molar-refractivity contribution in [2.75, 3.05) is 24.5 Å². The Morgan fingerprint density at radius 3 is 3.07 bits per heavy atom. The number of rotatable bonds is 5. The molecule has 1 aromatic heterocycles. The van der Waals surface area contributed by atoms with E-state index in [1.807, 2.05) is 18.2 Å². The van der Waals surface area contributed by atoms with Crippen LogP contribution in [0.25, 0.3) is 0 Å². The normalized spacial score (nSPS) is 19.6. The van der Waals surface area contributed by atoms with Crippen molar-refractivity contribution in [1.29, 1.82) is 0 Å². The van der Waals surface area contributed by atoms with Crippen molar-refractivity contribution < 1.29 is 0 Å². The molecule has 0 aliphatic carbocycles. The molecule has 2 N–H and O–H groups in total. The van der Waals surface area contributed by atoms with E-state index in [0.717, 1.165) is 61.7 Å². The molecule has 0 saturated carbocycles. The van der Waals surface area contributed by atoms with Gasteiger partial charge in [0, 0.05) is 49.4 Å². The minimum atomic E-state index is 0.351. The second-order valence-corrected chi connectivity index (χ2v) is 7.83. The number of hydrogen-bond donors (Lipinski definition) is 2. The number of hydrogen-bond acceptors (Lipinski definition) is 4. The summed E-state index contributed by atoms with van der Waals surface area (Å²) >= 11 is 6.14. The van der Waals surface area contributed by atoms with Crippen LogP contribution in [0.5, 0.6) is 0 Å². The van der Waals surface area contributed by atoms with Gasteiger partial charge in [-0.3, -0.25) is 0 Å². The van der Waals surface area contributed by atoms with E-state index in [1.54, 1.807) is 0 Å². The summed E-state index contributed by atoms with van der Waals surface area (Å²) in [5.74, 6) is 2.90. The van der Waals surface area contributed by atoms with Crippen molar-refractivity contribution in [3.05, 3.63) is 40.9 Å². The van der Waals surface area contributed by atoms with Crippen LogP contribution in [-0.2, 0) is 19.5 Å². The van der Waals surface area contributed by atoms with Crippen LogP contribution in [-0.4, -0.2) is 46.4 Å². The smallest absolute Gasteiger partial charge is 0.191 e. The van der Waals surface area contributed by atoms with Gasteiger partial charge in [-0.05, 0) is 44.4 Å². The summed E-state index contributed by atoms with van der Waals surface area (Å²) in [5.41, 5.74) is 1.17. The average Bonchev–Trinajstić information content (AvgIpc) is 3.33. The van der Waals surface area contributed by atoms with Gasteiger partial charge in [-0.25, -0.2) is 4.99 Å². The van der Waals surface area contributed by atoms with Gasteiger partial charge < -0.3 is 20.1 Å². The summed E-state index contributed by atoms with van der Waals surface area (Å²) in [4.78, 5) is 7.13. The quantitative estimate of drug-likeness (QED) is 0.595. The third-order valence-electron chi connectivity index (χ3n) is 5.36. The molecule has 2 aromatic rings. The molecule has 0 spiro atoms. The van der Waals surface area contributed by atoms with Gasteiger partial charge in [-0.1, -0.05) is 17.7 Å². The Hall–Kier alpha value is -2.28. The lowest BCUT2D eigenvalue weighted by atomic mass is 10.2. The van der Waals surface area contributed by atoms with Gasteiger partial charge in [-0.2, -0.15) is 0 Å². The van der Waals surface area contributed by atoms with E-state index in [2.05, 4.69) is 43.3 Å². The topological polar surface area (TPSA) is 70.4 Å². The van der Waals surface area contributed by atoms with Gasteiger partial charge in [0.25, 0.3) is 0 Å². The molecule has 8 heteroatoms. The molecule has 150 valence electrons. The largest absolute Gasteiger partial charge is 0.369 e. The third kappa shape index (κ3) is 4.41. The minimum absolute atomic E-state index is 0.351. The maximum atomic E-state index is 6.14. The molecular weight excluding hydrogens is 374 g/mol. The van der Waals surface area contributed by atoms with E-state index in [0.29, 0.717) is 12.6 Å². The van der Waals surface area contributed by atoms with Crippen molar-refractivity contribution in [3.8, 4) is 0 Å². The summed E-state index contributed by atoms with van der Waals surface area (Å²) in [5, 5.41) is 16.4. The first-order valence-corrected chi connectivity index (χ1v) is 10.6. The van der Waals surface area contributed by atoms with Crippen LogP contribution in [0.4, 0.5) is 5.69 Å². The van der Waals surface area contributed by atoms with E-state index in [-0.39, 0.29) is 0 Å². The molecule has 28 heavy (non-hydrogen) atoms. The highest BCUT2D eigenvalue weighted by molar-refractivity contribution is 6.30. The van der Waals surface area contributed by atoms with Gasteiger partial charge in [0.2, 0.25) is 0 Å². The summed E-state index contributed by atoms with van der Waals surface area (Å²) in [6, 6.07) is 8.41. The van der Waals surface area contributed by atoms with Crippen LogP contribution >= 0.6 is 11.6 Å². The van der Waals surface area contributed by atoms with Crippen LogP contribution in [0, 0.1) is 0 Å². The van der Waals surface area contributed by atoms with E-state index < -0.39 is 0 Å². The highest BCUT2D eigenvalue weighted by Gasteiger charge is 2.24. The SMILES string of the molecule is CCNC(=NCc1nnc2n1CCCC2)NC1CCN(c2cccc(Cl)c2)C1. The molecule has 0 radical (unpaired) electrons. The fourth-order valence-electron chi connectivity index (χ4n) is 3.93. The number of guanidine groups is 1. The molecule has 0 amide bonds. The summed E-state index contributed by atoms with van der Waals surface area (Å²) in [6.07, 6.45) is 4.49. The number of nitrogens with one attached hydrogen (secondary N) is 2. The molecule has 1 saturated heterocycles. The number of anilines is 1. The Bertz CT molecular complexity index is 832. The lowest BCUT2D eigenvalue weighted by Crippen LogP contribution is -2.44. The van der Waals surface area contributed by atoms with Gasteiger partial charge in [0.15, 0.2) is 11.8 Å². The van der Waals surface area contributed by atoms with Gasteiger partial charge >= 0.3 is 0 Å². The second kappa shape index (κ2) is 8.82. The lowest BCUT2D eigenvalue weighted by Gasteiger charge is -2.20. The van der Waals surface area contributed by atoms with Gasteiger partial charge in [0.05, 0.1) is 0 Å². The zero-order chi connectivity index (χ0) is 19.3. The molecular formula is C20H28ClN7. The standard InChI is InChI=1S/C20H28ClN7/c1-2-22-20(23-13-19-26-25-18-8-3-4-10-28(18)19)24-16-9-11-27(14-16)17-7-5-6-15(21)12-17/h5-7,12,16H,2-4,8-11,13-14H2,1H3,(H2,22,23,24). The number of fused-ring (bicyclic) bond motifs is 1. The van der Waals surface area contributed by atoms with Crippen LogP contribution in [0.3, 0.4) is 0 Å². The van der Waals surface area contributed by atoms with Gasteiger partial charge in [0.1, 0.15) is 12.4 Å². The van der Waals surface area contributed by atoms with Crippen molar-refractivity contribution in [2.24, 2.45) is 4.99 Å². The van der Waals surface area contributed by atoms with Crippen molar-refractivity contribution in [3.63, 3.8) is 0 Å². The number of halogens is 1. The lowest BCUT2D eigenvalue weighted by molar-refractivity contribution is 0.508. The number of aryl methyl sites for hydroxylation is 1. The maximum Gasteiger partial charge on any atom is 0.191 e. The third-order valence-corrected chi connectivity index (χ3v) is 5.60. The molecule has 1 unspecified atom stereocenters. The molecule has 1 aromatic carbocycles. The van der Waals surface area contributed by atoms with Crippen molar-refractivity contribution in [1.82, 2.24) is 25.4 Å². The summed E-state index contributed by atoms with van der Waals surface area (Å²) in [7, 11) is 0. The average molecular weight is 402 g/mol. The Morgan fingerprint density at radius 1 is 1.29 bits per heavy atom. The Kier molecular flexibility index (Phi) is 6.00. The Morgan fingerprint density at radius 2 is 2.21 bits per heavy atom. The molecule has 7 nitrogen and oxygen atoms in total. The first-order chi connectivity index (χ1) is 13.7. The molecule has 1 fully saturated rings. The summed E-state index contributed by atoms with van der Waals surface area (Å²) in [6.45, 7) is 6.42. The van der Waals surface area contributed by atoms with E-state index in [9.17, 15) is 0 Å². The highest BCUT2D eigenvalue weighted by Crippen LogP contribution is 2.23. The fraction of sp³-hybridized carbons (Fsp3) is 0.550. The highest BCUT2D eigenvalue weighted by atomic mass is 35.5. The van der Waals surface area contributed by atoms with E-state index >= 15 is 0 Å². The summed E-state index contributed by atoms with van der Waals surface area (Å²) < 4.78 is 2.23. The van der Waals surface area contributed by atoms with Crippen molar-refractivity contribution in [2.45, 2.75) is 51.7 Å². The maximum absolute atomic E-state index is 6.14. The van der Waals surface area contributed by atoms with Crippen LogP contribution < -0.4 is 15.5 Å². The van der Waals surface area contributed by atoms with Crippen LogP contribution in [0.2, 0.25) is 5.02 Å². The number of benzene rings is 1. The predicted octanol–water partition coefficient (Wildman–Crippen LogP) is 2.60. The zero-order valence-corrected chi connectivity index (χ0v) is 17.1. The van der Waals surface area contributed by atoms with E-state index in [4.69, 9.17) is 16.6 Å².